The quantitative estimate of drug-likeness (QED) is 0.374. The zero-order valence-electron chi connectivity index (χ0n) is 19.8. The molecule has 3 aromatic rings. The number of aryl methyl sites for hydroxylation is 1. The van der Waals surface area contributed by atoms with E-state index in [1.807, 2.05) is 19.2 Å². The topological polar surface area (TPSA) is 103 Å². The Balaban J connectivity index is 1.50. The standard InChI is InChI=1S/C26H32ClN5O2/c1-15-6-4-9-21(17(15)3)31-26-29-12-16(2)24(32-26)19-11-22(28-13-19)25(34)30-23(14-33)18-7-5-8-20(27)10-18/h5,7-8,10-13,15,17,21,23,28,33H,4,6,9,14H2,1-3H3,(H,30,34)(H,29,31,32)/t15-,17-,21+,23+/m0/s1. The Labute approximate surface area is 205 Å². The number of benzene rings is 1. The lowest BCUT2D eigenvalue weighted by atomic mass is 9.78. The number of aliphatic hydroxyl groups is 1. The first kappa shape index (κ1) is 24.2. The van der Waals surface area contributed by atoms with E-state index in [1.165, 1.54) is 12.8 Å². The van der Waals surface area contributed by atoms with Crippen LogP contribution in [0.5, 0.6) is 0 Å². The van der Waals surface area contributed by atoms with Crippen LogP contribution in [0.1, 0.15) is 60.8 Å². The molecule has 1 saturated carbocycles. The van der Waals surface area contributed by atoms with Crippen molar-refractivity contribution < 1.29 is 9.90 Å². The highest BCUT2D eigenvalue weighted by molar-refractivity contribution is 6.30. The van der Waals surface area contributed by atoms with E-state index in [0.717, 1.165) is 28.8 Å². The summed E-state index contributed by atoms with van der Waals surface area (Å²) in [4.78, 5) is 25.2. The highest BCUT2D eigenvalue weighted by Crippen LogP contribution is 2.31. The molecule has 1 amide bonds. The molecule has 0 saturated heterocycles. The van der Waals surface area contributed by atoms with Crippen LogP contribution in [-0.2, 0) is 0 Å². The highest BCUT2D eigenvalue weighted by atomic mass is 35.5. The van der Waals surface area contributed by atoms with Crippen molar-refractivity contribution in [1.29, 1.82) is 0 Å². The Bertz CT molecular complexity index is 1150. The van der Waals surface area contributed by atoms with E-state index in [2.05, 4.69) is 34.4 Å². The van der Waals surface area contributed by atoms with Gasteiger partial charge in [0, 0.05) is 29.0 Å². The molecule has 0 aliphatic heterocycles. The number of aromatic amines is 1. The Hall–Kier alpha value is -2.90. The zero-order valence-corrected chi connectivity index (χ0v) is 20.6. The minimum absolute atomic E-state index is 0.238. The molecule has 2 heterocycles. The molecule has 4 N–H and O–H groups in total. The number of anilines is 1. The first-order valence-electron chi connectivity index (χ1n) is 11.8. The molecule has 0 unspecified atom stereocenters. The van der Waals surface area contributed by atoms with Gasteiger partial charge < -0.3 is 20.7 Å². The van der Waals surface area contributed by atoms with Gasteiger partial charge >= 0.3 is 0 Å². The third kappa shape index (κ3) is 5.42. The van der Waals surface area contributed by atoms with Crippen LogP contribution in [-0.4, -0.2) is 38.6 Å². The summed E-state index contributed by atoms with van der Waals surface area (Å²) in [7, 11) is 0. The van der Waals surface area contributed by atoms with Gasteiger partial charge in [-0.3, -0.25) is 4.79 Å². The average Bonchev–Trinajstić information content (AvgIpc) is 3.32. The van der Waals surface area contributed by atoms with E-state index in [9.17, 15) is 9.90 Å². The van der Waals surface area contributed by atoms with E-state index >= 15 is 0 Å². The van der Waals surface area contributed by atoms with Gasteiger partial charge in [-0.25, -0.2) is 9.97 Å². The third-order valence-electron chi connectivity index (χ3n) is 6.93. The molecule has 2 aromatic heterocycles. The molecule has 0 bridgehead atoms. The molecule has 180 valence electrons. The number of carbonyl (C=O) groups excluding carboxylic acids is 1. The largest absolute Gasteiger partial charge is 0.394 e. The van der Waals surface area contributed by atoms with E-state index in [4.69, 9.17) is 16.6 Å². The fourth-order valence-corrected chi connectivity index (χ4v) is 4.81. The van der Waals surface area contributed by atoms with Gasteiger partial charge in [-0.1, -0.05) is 50.4 Å². The molecule has 1 aromatic carbocycles. The molecule has 4 rings (SSSR count). The number of carbonyl (C=O) groups is 1. The van der Waals surface area contributed by atoms with Crippen molar-refractivity contribution in [3.05, 3.63) is 64.6 Å². The van der Waals surface area contributed by atoms with Gasteiger partial charge in [0.25, 0.3) is 5.91 Å². The summed E-state index contributed by atoms with van der Waals surface area (Å²) >= 11 is 6.06. The second-order valence-corrected chi connectivity index (χ2v) is 9.75. The van der Waals surface area contributed by atoms with E-state index in [-0.39, 0.29) is 12.5 Å². The summed E-state index contributed by atoms with van der Waals surface area (Å²) in [5.74, 6) is 1.53. The summed E-state index contributed by atoms with van der Waals surface area (Å²) in [6, 6.07) is 8.66. The van der Waals surface area contributed by atoms with Gasteiger partial charge in [0.05, 0.1) is 18.3 Å². The lowest BCUT2D eigenvalue weighted by Gasteiger charge is -2.34. The van der Waals surface area contributed by atoms with Crippen LogP contribution in [0.15, 0.2) is 42.7 Å². The molecule has 0 spiro atoms. The van der Waals surface area contributed by atoms with Crippen molar-refractivity contribution in [2.45, 2.75) is 52.1 Å². The number of hydrogen-bond acceptors (Lipinski definition) is 5. The fraction of sp³-hybridized carbons (Fsp3) is 0.423. The number of halogens is 1. The number of nitrogens with zero attached hydrogens (tertiary/aromatic N) is 2. The SMILES string of the molecule is Cc1cnc(N[C@@H]2CCC[C@H](C)[C@@H]2C)nc1-c1c[nH]c(C(=O)N[C@H](CO)c2cccc(Cl)c2)c1. The normalized spacial score (nSPS) is 21.1. The van der Waals surface area contributed by atoms with Gasteiger partial charge in [0.2, 0.25) is 5.95 Å². The molecule has 7 nitrogen and oxygen atoms in total. The fourth-order valence-electron chi connectivity index (χ4n) is 4.61. The van der Waals surface area contributed by atoms with Crippen LogP contribution in [0.25, 0.3) is 11.3 Å². The number of aromatic nitrogens is 3. The molecule has 1 aliphatic carbocycles. The lowest BCUT2D eigenvalue weighted by Crippen LogP contribution is -2.35. The van der Waals surface area contributed by atoms with Crippen LogP contribution >= 0.6 is 11.6 Å². The number of aliphatic hydroxyl groups excluding tert-OH is 1. The van der Waals surface area contributed by atoms with Gasteiger partial charge in [-0.2, -0.15) is 0 Å². The lowest BCUT2D eigenvalue weighted by molar-refractivity contribution is 0.0911. The highest BCUT2D eigenvalue weighted by Gasteiger charge is 2.27. The average molecular weight is 482 g/mol. The maximum absolute atomic E-state index is 12.9. The minimum Gasteiger partial charge on any atom is -0.394 e. The summed E-state index contributed by atoms with van der Waals surface area (Å²) in [6.45, 7) is 6.31. The first-order valence-corrected chi connectivity index (χ1v) is 12.2. The Morgan fingerprint density at radius 3 is 2.88 bits per heavy atom. The molecule has 1 aliphatic rings. The van der Waals surface area contributed by atoms with Crippen molar-refractivity contribution >= 4 is 23.5 Å². The molecule has 34 heavy (non-hydrogen) atoms. The number of H-pyrrole nitrogens is 1. The summed E-state index contributed by atoms with van der Waals surface area (Å²) in [6.07, 6.45) is 7.18. The smallest absolute Gasteiger partial charge is 0.268 e. The van der Waals surface area contributed by atoms with Crippen LogP contribution in [0.2, 0.25) is 5.02 Å². The summed E-state index contributed by atoms with van der Waals surface area (Å²) in [5, 5.41) is 16.7. The van der Waals surface area contributed by atoms with Crippen LogP contribution in [0, 0.1) is 18.8 Å². The number of rotatable bonds is 7. The monoisotopic (exact) mass is 481 g/mol. The maximum atomic E-state index is 12.9. The third-order valence-corrected chi connectivity index (χ3v) is 7.17. The molecule has 0 radical (unpaired) electrons. The van der Waals surface area contributed by atoms with Crippen molar-refractivity contribution in [2.24, 2.45) is 11.8 Å². The van der Waals surface area contributed by atoms with Crippen LogP contribution in [0.4, 0.5) is 5.95 Å². The molecular formula is C26H32ClN5O2. The van der Waals surface area contributed by atoms with E-state index < -0.39 is 6.04 Å². The molecule has 4 atom stereocenters. The van der Waals surface area contributed by atoms with Gasteiger partial charge in [0.1, 0.15) is 5.69 Å². The van der Waals surface area contributed by atoms with E-state index in [0.29, 0.717) is 34.5 Å². The second-order valence-electron chi connectivity index (χ2n) is 9.31. The second kappa shape index (κ2) is 10.6. The maximum Gasteiger partial charge on any atom is 0.268 e. The Kier molecular flexibility index (Phi) is 7.54. The van der Waals surface area contributed by atoms with Crippen LogP contribution < -0.4 is 10.6 Å². The van der Waals surface area contributed by atoms with E-state index in [1.54, 1.807) is 30.5 Å². The van der Waals surface area contributed by atoms with Crippen molar-refractivity contribution in [3.8, 4) is 11.3 Å². The van der Waals surface area contributed by atoms with Crippen molar-refractivity contribution in [3.63, 3.8) is 0 Å². The number of hydrogen-bond donors (Lipinski definition) is 4. The van der Waals surface area contributed by atoms with Crippen molar-refractivity contribution in [2.75, 3.05) is 11.9 Å². The first-order chi connectivity index (χ1) is 16.4. The predicted molar refractivity (Wildman–Crippen MR) is 135 cm³/mol. The van der Waals surface area contributed by atoms with Gasteiger partial charge in [0.15, 0.2) is 0 Å². The van der Waals surface area contributed by atoms with Crippen molar-refractivity contribution in [1.82, 2.24) is 20.3 Å². The van der Waals surface area contributed by atoms with Gasteiger partial charge in [-0.15, -0.1) is 0 Å². The Morgan fingerprint density at radius 1 is 1.29 bits per heavy atom. The zero-order chi connectivity index (χ0) is 24.2. The molecular weight excluding hydrogens is 450 g/mol. The number of nitrogens with one attached hydrogen (secondary N) is 3. The van der Waals surface area contributed by atoms with Crippen LogP contribution in [0.3, 0.4) is 0 Å². The summed E-state index contributed by atoms with van der Waals surface area (Å²) in [5.41, 5.74) is 3.63. The van der Waals surface area contributed by atoms with Gasteiger partial charge in [-0.05, 0) is 54.5 Å². The molecule has 1 fully saturated rings. The Morgan fingerprint density at radius 2 is 2.12 bits per heavy atom. The number of amides is 1. The minimum atomic E-state index is -0.561. The molecule has 8 heteroatoms. The predicted octanol–water partition coefficient (Wildman–Crippen LogP) is 5.13. The summed E-state index contributed by atoms with van der Waals surface area (Å²) < 4.78 is 0.